The maximum atomic E-state index is 3.84. The highest BCUT2D eigenvalue weighted by molar-refractivity contribution is 4.91. The van der Waals surface area contributed by atoms with E-state index in [9.17, 15) is 0 Å². The van der Waals surface area contributed by atoms with Crippen LogP contribution in [-0.2, 0) is 0 Å². The van der Waals surface area contributed by atoms with Crippen LogP contribution >= 0.6 is 0 Å². The van der Waals surface area contributed by atoms with Gasteiger partial charge < -0.3 is 5.32 Å². The molecule has 0 aromatic rings. The van der Waals surface area contributed by atoms with Crippen molar-refractivity contribution in [1.29, 1.82) is 0 Å². The van der Waals surface area contributed by atoms with Gasteiger partial charge in [0.2, 0.25) is 0 Å². The average Bonchev–Trinajstić information content (AvgIpc) is 3.11. The SMILES string of the molecule is CCC(C)N1CC(NC2CC2)CC(C(C)C)C1. The number of likely N-dealkylation sites (tertiary alicyclic amines) is 1. The standard InChI is InChI=1S/C15H30N2/c1-5-12(4)17-9-13(11(2)3)8-15(10-17)16-14-6-7-14/h11-16H,5-10H2,1-4H3. The molecule has 2 heteroatoms. The van der Waals surface area contributed by atoms with Crippen LogP contribution in [0.3, 0.4) is 0 Å². The molecule has 3 unspecified atom stereocenters. The summed E-state index contributed by atoms with van der Waals surface area (Å²) in [6.07, 6.45) is 5.49. The molecular weight excluding hydrogens is 208 g/mol. The number of hydrogen-bond donors (Lipinski definition) is 1. The monoisotopic (exact) mass is 238 g/mol. The molecule has 0 amide bonds. The maximum Gasteiger partial charge on any atom is 0.0200 e. The van der Waals surface area contributed by atoms with E-state index in [2.05, 4.69) is 37.9 Å². The Hall–Kier alpha value is -0.0800. The molecule has 1 N–H and O–H groups in total. The second kappa shape index (κ2) is 5.71. The van der Waals surface area contributed by atoms with Gasteiger partial charge in [0.25, 0.3) is 0 Å². The van der Waals surface area contributed by atoms with E-state index < -0.39 is 0 Å². The summed E-state index contributed by atoms with van der Waals surface area (Å²) in [5.41, 5.74) is 0. The average molecular weight is 238 g/mol. The molecule has 2 rings (SSSR count). The van der Waals surface area contributed by atoms with Gasteiger partial charge in [0, 0.05) is 31.2 Å². The van der Waals surface area contributed by atoms with Gasteiger partial charge in [0.1, 0.15) is 0 Å². The highest BCUT2D eigenvalue weighted by Crippen LogP contribution is 2.28. The van der Waals surface area contributed by atoms with Crippen molar-refractivity contribution < 1.29 is 0 Å². The fraction of sp³-hybridized carbons (Fsp3) is 1.00. The van der Waals surface area contributed by atoms with Gasteiger partial charge in [-0.1, -0.05) is 20.8 Å². The Kier molecular flexibility index (Phi) is 4.48. The number of nitrogens with one attached hydrogen (secondary N) is 1. The lowest BCUT2D eigenvalue weighted by molar-refractivity contribution is 0.0822. The van der Waals surface area contributed by atoms with Gasteiger partial charge in [-0.2, -0.15) is 0 Å². The molecule has 2 nitrogen and oxygen atoms in total. The Bertz CT molecular complexity index is 235. The lowest BCUT2D eigenvalue weighted by Gasteiger charge is -2.42. The number of rotatable bonds is 5. The van der Waals surface area contributed by atoms with Crippen LogP contribution in [0.25, 0.3) is 0 Å². The van der Waals surface area contributed by atoms with Crippen LogP contribution in [0.15, 0.2) is 0 Å². The Balaban J connectivity index is 1.93. The van der Waals surface area contributed by atoms with E-state index in [1.165, 1.54) is 38.8 Å². The van der Waals surface area contributed by atoms with Crippen molar-refractivity contribution in [2.45, 2.75) is 71.5 Å². The predicted octanol–water partition coefficient (Wildman–Crippen LogP) is 2.88. The first-order valence-corrected chi connectivity index (χ1v) is 7.60. The molecule has 1 aliphatic carbocycles. The number of hydrogen-bond acceptors (Lipinski definition) is 2. The van der Waals surface area contributed by atoms with Gasteiger partial charge in [0.15, 0.2) is 0 Å². The highest BCUT2D eigenvalue weighted by Gasteiger charge is 2.33. The molecule has 0 aromatic heterocycles. The van der Waals surface area contributed by atoms with E-state index in [0.29, 0.717) is 0 Å². The van der Waals surface area contributed by atoms with Gasteiger partial charge in [-0.15, -0.1) is 0 Å². The molecule has 1 saturated carbocycles. The maximum absolute atomic E-state index is 3.84. The Labute approximate surface area is 107 Å². The zero-order chi connectivity index (χ0) is 12.4. The van der Waals surface area contributed by atoms with E-state index in [4.69, 9.17) is 0 Å². The lowest BCUT2D eigenvalue weighted by atomic mass is 9.84. The molecule has 0 aromatic carbocycles. The first-order chi connectivity index (χ1) is 8.10. The minimum Gasteiger partial charge on any atom is -0.310 e. The summed E-state index contributed by atoms with van der Waals surface area (Å²) < 4.78 is 0. The number of nitrogens with zero attached hydrogens (tertiary/aromatic N) is 1. The number of piperidine rings is 1. The van der Waals surface area contributed by atoms with E-state index in [1.807, 2.05) is 0 Å². The van der Waals surface area contributed by atoms with Gasteiger partial charge in [-0.05, 0) is 44.4 Å². The summed E-state index contributed by atoms with van der Waals surface area (Å²) >= 11 is 0. The van der Waals surface area contributed by atoms with Crippen LogP contribution in [0, 0.1) is 11.8 Å². The summed E-state index contributed by atoms with van der Waals surface area (Å²) in [6, 6.07) is 2.35. The van der Waals surface area contributed by atoms with Crippen molar-refractivity contribution in [2.75, 3.05) is 13.1 Å². The molecule has 3 atom stereocenters. The highest BCUT2D eigenvalue weighted by atomic mass is 15.2. The van der Waals surface area contributed by atoms with E-state index >= 15 is 0 Å². The summed E-state index contributed by atoms with van der Waals surface area (Å²) in [4.78, 5) is 2.72. The molecule has 2 aliphatic rings. The van der Waals surface area contributed by atoms with Crippen molar-refractivity contribution in [1.82, 2.24) is 10.2 Å². The van der Waals surface area contributed by atoms with Crippen molar-refractivity contribution in [2.24, 2.45) is 11.8 Å². The topological polar surface area (TPSA) is 15.3 Å². The summed E-state index contributed by atoms with van der Waals surface area (Å²) in [5.74, 6) is 1.71. The van der Waals surface area contributed by atoms with E-state index in [-0.39, 0.29) is 0 Å². The predicted molar refractivity (Wildman–Crippen MR) is 74.2 cm³/mol. The van der Waals surface area contributed by atoms with Crippen LogP contribution in [0.4, 0.5) is 0 Å². The Morgan fingerprint density at radius 1 is 1.12 bits per heavy atom. The molecule has 17 heavy (non-hydrogen) atoms. The molecule has 1 saturated heterocycles. The summed E-state index contributed by atoms with van der Waals surface area (Å²) in [7, 11) is 0. The molecule has 2 fully saturated rings. The third-order valence-electron chi connectivity index (χ3n) is 4.72. The van der Waals surface area contributed by atoms with Crippen LogP contribution in [-0.4, -0.2) is 36.1 Å². The van der Waals surface area contributed by atoms with Crippen molar-refractivity contribution in [3.8, 4) is 0 Å². The van der Waals surface area contributed by atoms with Crippen LogP contribution < -0.4 is 5.32 Å². The minimum atomic E-state index is 0.748. The van der Waals surface area contributed by atoms with Gasteiger partial charge >= 0.3 is 0 Å². The summed E-state index contributed by atoms with van der Waals surface area (Å²) in [6.45, 7) is 12.1. The second-order valence-corrected chi connectivity index (χ2v) is 6.59. The summed E-state index contributed by atoms with van der Waals surface area (Å²) in [5, 5.41) is 3.84. The van der Waals surface area contributed by atoms with E-state index in [1.54, 1.807) is 0 Å². The molecular formula is C15H30N2. The smallest absolute Gasteiger partial charge is 0.0200 e. The van der Waals surface area contributed by atoms with Crippen molar-refractivity contribution in [3.05, 3.63) is 0 Å². The molecule has 0 bridgehead atoms. The van der Waals surface area contributed by atoms with Gasteiger partial charge in [-0.3, -0.25) is 4.90 Å². The molecule has 0 spiro atoms. The van der Waals surface area contributed by atoms with Crippen LogP contribution in [0.5, 0.6) is 0 Å². The fourth-order valence-corrected chi connectivity index (χ4v) is 2.98. The van der Waals surface area contributed by atoms with Crippen molar-refractivity contribution in [3.63, 3.8) is 0 Å². The second-order valence-electron chi connectivity index (χ2n) is 6.59. The molecule has 1 heterocycles. The third kappa shape index (κ3) is 3.69. The lowest BCUT2D eigenvalue weighted by Crippen LogP contribution is -2.53. The van der Waals surface area contributed by atoms with E-state index in [0.717, 1.165) is 30.0 Å². The fourth-order valence-electron chi connectivity index (χ4n) is 2.98. The largest absolute Gasteiger partial charge is 0.310 e. The van der Waals surface area contributed by atoms with Crippen LogP contribution in [0.2, 0.25) is 0 Å². The normalized spacial score (nSPS) is 33.0. The molecule has 100 valence electrons. The first-order valence-electron chi connectivity index (χ1n) is 7.60. The van der Waals surface area contributed by atoms with Gasteiger partial charge in [0.05, 0.1) is 0 Å². The molecule has 1 aliphatic heterocycles. The molecule has 0 radical (unpaired) electrons. The first kappa shape index (κ1) is 13.4. The zero-order valence-corrected chi connectivity index (χ0v) is 12.1. The Morgan fingerprint density at radius 2 is 1.82 bits per heavy atom. The third-order valence-corrected chi connectivity index (χ3v) is 4.72. The zero-order valence-electron chi connectivity index (χ0n) is 12.1. The quantitative estimate of drug-likeness (QED) is 0.792. The van der Waals surface area contributed by atoms with Crippen molar-refractivity contribution >= 4 is 0 Å². The van der Waals surface area contributed by atoms with Crippen LogP contribution in [0.1, 0.15) is 53.4 Å². The van der Waals surface area contributed by atoms with Gasteiger partial charge in [-0.25, -0.2) is 0 Å². The minimum absolute atomic E-state index is 0.748. The Morgan fingerprint density at radius 3 is 2.35 bits per heavy atom.